The molecule has 2 amide bonds. The van der Waals surface area contributed by atoms with Gasteiger partial charge in [0, 0.05) is 57.1 Å². The second kappa shape index (κ2) is 8.81. The number of piperazine rings is 1. The van der Waals surface area contributed by atoms with Crippen LogP contribution in [0.1, 0.15) is 25.0 Å². The number of piperidine rings is 1. The van der Waals surface area contributed by atoms with Crippen LogP contribution in [0.2, 0.25) is 0 Å². The number of hydrogen-bond acceptors (Lipinski definition) is 5. The smallest absolute Gasteiger partial charge is 0.322 e. The van der Waals surface area contributed by atoms with Crippen LogP contribution in [0.25, 0.3) is 0 Å². The zero-order valence-electron chi connectivity index (χ0n) is 17.1. The van der Waals surface area contributed by atoms with Crippen molar-refractivity contribution < 1.29 is 13.6 Å². The topological polar surface area (TPSA) is 64.6 Å². The molecule has 1 N–H and O–H groups in total. The zero-order valence-corrected chi connectivity index (χ0v) is 17.1. The highest BCUT2D eigenvalue weighted by molar-refractivity contribution is 5.89. The molecule has 2 aromatic rings. The Bertz CT molecular complexity index is 910. The molecule has 1 aromatic carbocycles. The number of aryl methyl sites for hydroxylation is 1. The Hall–Kier alpha value is -2.97. The average molecular weight is 416 g/mol. The maximum atomic E-state index is 13.8. The molecule has 2 saturated heterocycles. The van der Waals surface area contributed by atoms with Crippen LogP contribution in [0.4, 0.5) is 31.0 Å². The van der Waals surface area contributed by atoms with Crippen molar-refractivity contribution in [2.75, 3.05) is 54.4 Å². The molecular weight excluding hydrogens is 390 g/mol. The van der Waals surface area contributed by atoms with Crippen molar-refractivity contribution >= 4 is 23.5 Å². The first-order valence-electron chi connectivity index (χ1n) is 10.4. The first-order valence-corrected chi connectivity index (χ1v) is 10.4. The maximum Gasteiger partial charge on any atom is 0.322 e. The minimum absolute atomic E-state index is 0.0265. The number of rotatable bonds is 3. The monoisotopic (exact) mass is 416 g/mol. The molecule has 0 saturated carbocycles. The number of aromatic nitrogens is 2. The number of carbonyl (C=O) groups is 1. The second-order valence-corrected chi connectivity index (χ2v) is 7.74. The van der Waals surface area contributed by atoms with Gasteiger partial charge < -0.3 is 20.0 Å². The largest absolute Gasteiger partial charge is 0.353 e. The molecule has 0 atom stereocenters. The number of halogens is 2. The molecule has 0 aliphatic carbocycles. The molecule has 2 aliphatic heterocycles. The molecule has 0 spiro atoms. The highest BCUT2D eigenvalue weighted by Gasteiger charge is 2.24. The van der Waals surface area contributed by atoms with Crippen LogP contribution in [0.3, 0.4) is 0 Å². The van der Waals surface area contributed by atoms with Crippen molar-refractivity contribution in [3.63, 3.8) is 0 Å². The normalized spacial score (nSPS) is 17.2. The quantitative estimate of drug-likeness (QED) is 0.831. The van der Waals surface area contributed by atoms with Gasteiger partial charge in [-0.15, -0.1) is 0 Å². The van der Waals surface area contributed by atoms with E-state index in [-0.39, 0.29) is 5.69 Å². The molecule has 2 aliphatic rings. The van der Waals surface area contributed by atoms with Crippen LogP contribution in [0.15, 0.2) is 24.3 Å². The third-order valence-electron chi connectivity index (χ3n) is 5.53. The Balaban J connectivity index is 1.38. The van der Waals surface area contributed by atoms with Crippen molar-refractivity contribution in [3.05, 3.63) is 41.6 Å². The number of hydrogen-bond donors (Lipinski definition) is 1. The molecule has 9 heteroatoms. The van der Waals surface area contributed by atoms with Gasteiger partial charge in [-0.1, -0.05) is 0 Å². The molecule has 0 bridgehead atoms. The number of anilines is 3. The van der Waals surface area contributed by atoms with Gasteiger partial charge in [-0.05, 0) is 38.3 Å². The minimum atomic E-state index is -0.788. The molecule has 160 valence electrons. The summed E-state index contributed by atoms with van der Waals surface area (Å²) in [6.45, 7) is 6.14. The van der Waals surface area contributed by atoms with E-state index in [2.05, 4.69) is 20.1 Å². The highest BCUT2D eigenvalue weighted by atomic mass is 19.1. The maximum absolute atomic E-state index is 13.8. The molecule has 30 heavy (non-hydrogen) atoms. The van der Waals surface area contributed by atoms with Gasteiger partial charge in [0.25, 0.3) is 0 Å². The predicted molar refractivity (Wildman–Crippen MR) is 112 cm³/mol. The minimum Gasteiger partial charge on any atom is -0.353 e. The average Bonchev–Trinajstić information content (AvgIpc) is 2.76. The third-order valence-corrected chi connectivity index (χ3v) is 5.53. The number of amides is 2. The van der Waals surface area contributed by atoms with E-state index in [1.807, 2.05) is 13.0 Å². The van der Waals surface area contributed by atoms with E-state index in [4.69, 9.17) is 4.98 Å². The van der Waals surface area contributed by atoms with Gasteiger partial charge in [-0.25, -0.2) is 18.6 Å². The number of benzene rings is 1. The van der Waals surface area contributed by atoms with Crippen LogP contribution >= 0.6 is 0 Å². The fourth-order valence-corrected chi connectivity index (χ4v) is 3.86. The number of nitrogens with one attached hydrogen (secondary N) is 1. The summed E-state index contributed by atoms with van der Waals surface area (Å²) in [5.41, 5.74) is 0.897. The van der Waals surface area contributed by atoms with Crippen molar-refractivity contribution in [2.24, 2.45) is 0 Å². The van der Waals surface area contributed by atoms with Crippen LogP contribution in [-0.2, 0) is 0 Å². The predicted octanol–water partition coefficient (Wildman–Crippen LogP) is 3.41. The van der Waals surface area contributed by atoms with Gasteiger partial charge in [0.05, 0.1) is 5.69 Å². The standard InChI is InChI=1S/C21H26F2N6O/c1-15-13-19(26-20(24-15)28-7-3-2-4-8-28)27-9-11-29(12-10-27)21(30)25-18-6-5-16(22)14-17(18)23/h5-6,13-14H,2-4,7-12H2,1H3,(H,25,30). The second-order valence-electron chi connectivity index (χ2n) is 7.74. The Kier molecular flexibility index (Phi) is 5.96. The molecule has 0 unspecified atom stereocenters. The molecule has 3 heterocycles. The van der Waals surface area contributed by atoms with Crippen LogP contribution in [0, 0.1) is 18.6 Å². The fourth-order valence-electron chi connectivity index (χ4n) is 3.86. The lowest BCUT2D eigenvalue weighted by Crippen LogP contribution is -2.50. The number of carbonyl (C=O) groups excluding carboxylic acids is 1. The first kappa shape index (κ1) is 20.3. The van der Waals surface area contributed by atoms with Crippen LogP contribution in [0.5, 0.6) is 0 Å². The van der Waals surface area contributed by atoms with E-state index >= 15 is 0 Å². The van der Waals surface area contributed by atoms with E-state index < -0.39 is 17.7 Å². The van der Waals surface area contributed by atoms with E-state index in [0.29, 0.717) is 26.2 Å². The van der Waals surface area contributed by atoms with Crippen LogP contribution in [-0.4, -0.2) is 60.2 Å². The molecule has 0 radical (unpaired) electrons. The van der Waals surface area contributed by atoms with Gasteiger partial charge in [-0.2, -0.15) is 4.98 Å². The van der Waals surface area contributed by atoms with Gasteiger partial charge in [-0.3, -0.25) is 0 Å². The lowest BCUT2D eigenvalue weighted by molar-refractivity contribution is 0.208. The zero-order chi connectivity index (χ0) is 21.1. The summed E-state index contributed by atoms with van der Waals surface area (Å²) in [7, 11) is 0. The van der Waals surface area contributed by atoms with Crippen molar-refractivity contribution in [1.29, 1.82) is 0 Å². The lowest BCUT2D eigenvalue weighted by atomic mass is 10.1. The van der Waals surface area contributed by atoms with Crippen molar-refractivity contribution in [2.45, 2.75) is 26.2 Å². The summed E-state index contributed by atoms with van der Waals surface area (Å²) in [4.78, 5) is 27.9. The Morgan fingerprint density at radius 1 is 0.933 bits per heavy atom. The summed E-state index contributed by atoms with van der Waals surface area (Å²) in [5.74, 6) is 0.177. The molecular formula is C21H26F2N6O. The number of nitrogens with zero attached hydrogens (tertiary/aromatic N) is 5. The summed E-state index contributed by atoms with van der Waals surface area (Å²) >= 11 is 0. The van der Waals surface area contributed by atoms with E-state index in [1.54, 1.807) is 4.90 Å². The highest BCUT2D eigenvalue weighted by Crippen LogP contribution is 2.22. The van der Waals surface area contributed by atoms with Crippen molar-refractivity contribution in [1.82, 2.24) is 14.9 Å². The summed E-state index contributed by atoms with van der Waals surface area (Å²) < 4.78 is 26.8. The summed E-state index contributed by atoms with van der Waals surface area (Å²) in [6.07, 6.45) is 3.57. The molecule has 2 fully saturated rings. The van der Waals surface area contributed by atoms with E-state index in [9.17, 15) is 13.6 Å². The molecule has 4 rings (SSSR count). The summed E-state index contributed by atoms with van der Waals surface area (Å²) in [5, 5.41) is 2.52. The van der Waals surface area contributed by atoms with E-state index in [0.717, 1.165) is 55.5 Å². The van der Waals surface area contributed by atoms with Crippen molar-refractivity contribution in [3.8, 4) is 0 Å². The Morgan fingerprint density at radius 2 is 1.67 bits per heavy atom. The van der Waals surface area contributed by atoms with Gasteiger partial charge >= 0.3 is 6.03 Å². The van der Waals surface area contributed by atoms with Gasteiger partial charge in [0.1, 0.15) is 17.5 Å². The van der Waals surface area contributed by atoms with Gasteiger partial charge in [0.2, 0.25) is 5.95 Å². The molecule has 7 nitrogen and oxygen atoms in total. The SMILES string of the molecule is Cc1cc(N2CCN(C(=O)Nc3ccc(F)cc3F)CC2)nc(N2CCCCC2)n1. The lowest BCUT2D eigenvalue weighted by Gasteiger charge is -2.36. The van der Waals surface area contributed by atoms with E-state index in [1.165, 1.54) is 12.5 Å². The fraction of sp³-hybridized carbons (Fsp3) is 0.476. The Morgan fingerprint density at radius 3 is 2.37 bits per heavy atom. The third kappa shape index (κ3) is 4.60. The number of urea groups is 1. The van der Waals surface area contributed by atoms with Crippen LogP contribution < -0.4 is 15.1 Å². The van der Waals surface area contributed by atoms with Gasteiger partial charge in [0.15, 0.2) is 0 Å². The first-order chi connectivity index (χ1) is 14.5. The summed E-state index contributed by atoms with van der Waals surface area (Å²) in [6, 6.07) is 4.67. The Labute approximate surface area is 174 Å². The molecule has 1 aromatic heterocycles.